The van der Waals surface area contributed by atoms with Crippen LogP contribution in [0.15, 0.2) is 28.3 Å². The number of hydrogen-bond donors (Lipinski definition) is 0. The maximum absolute atomic E-state index is 13.5. The van der Waals surface area contributed by atoms with Gasteiger partial charge in [0.05, 0.1) is 17.0 Å². The molecule has 1 rings (SSSR count). The van der Waals surface area contributed by atoms with E-state index in [1.54, 1.807) is 0 Å². The molecule has 0 radical (unpaired) electrons. The number of oxime groups is 1. The Kier molecular flexibility index (Phi) is 5.04. The largest absolute Gasteiger partial charge is 0.391 e. The molecule has 0 saturated heterocycles. The lowest BCUT2D eigenvalue weighted by atomic mass is 10.2. The molecule has 5 heteroatoms. The van der Waals surface area contributed by atoms with Crippen LogP contribution in [-0.4, -0.2) is 11.8 Å². The smallest absolute Gasteiger partial charge is 0.240 e. The first-order valence-electron chi connectivity index (χ1n) is 5.19. The van der Waals surface area contributed by atoms with E-state index >= 15 is 0 Å². The molecule has 0 amide bonds. The molecule has 0 atom stereocenters. The Morgan fingerprint density at radius 1 is 1.53 bits per heavy atom. The molecule has 0 aliphatic carbocycles. The van der Waals surface area contributed by atoms with Crippen LogP contribution >= 0.6 is 0 Å². The molecular weight excluding hydrogens is 223 g/mol. The molecule has 0 spiro atoms. The van der Waals surface area contributed by atoms with E-state index < -0.39 is 5.82 Å². The third-order valence-electron chi connectivity index (χ3n) is 2.20. The summed E-state index contributed by atoms with van der Waals surface area (Å²) in [6.45, 7) is 3.68. The number of carbonyl (C=O) groups excluding carboxylic acids is 1. The van der Waals surface area contributed by atoms with Crippen molar-refractivity contribution < 1.29 is 14.0 Å². The number of halogens is 1. The highest BCUT2D eigenvalue weighted by Gasteiger charge is 2.08. The maximum Gasteiger partial charge on any atom is 0.240 e. The van der Waals surface area contributed by atoms with Gasteiger partial charge in [-0.15, -0.1) is 0 Å². The Bertz CT molecular complexity index is 466. The molecule has 1 aromatic carbocycles. The summed E-state index contributed by atoms with van der Waals surface area (Å²) in [4.78, 5) is 18.6. The van der Waals surface area contributed by atoms with E-state index in [2.05, 4.69) is 10.1 Å². The average Bonchev–Trinajstić information content (AvgIpc) is 2.32. The lowest BCUT2D eigenvalue weighted by Gasteiger charge is -2.05. The topological polar surface area (TPSA) is 51.0 Å². The van der Waals surface area contributed by atoms with E-state index in [0.29, 0.717) is 0 Å². The first-order chi connectivity index (χ1) is 8.19. The van der Waals surface area contributed by atoms with Gasteiger partial charge >= 0.3 is 0 Å². The van der Waals surface area contributed by atoms with Gasteiger partial charge in [0, 0.05) is 0 Å². The minimum absolute atomic E-state index is 0.0650. The van der Waals surface area contributed by atoms with Crippen molar-refractivity contribution in [2.45, 2.75) is 26.9 Å². The number of rotatable bonds is 5. The summed E-state index contributed by atoms with van der Waals surface area (Å²) in [6, 6.07) is 4.26. The fourth-order valence-corrected chi connectivity index (χ4v) is 1.12. The zero-order valence-electron chi connectivity index (χ0n) is 9.74. The van der Waals surface area contributed by atoms with Gasteiger partial charge in [-0.3, -0.25) is 0 Å². The van der Waals surface area contributed by atoms with Gasteiger partial charge in [-0.05, 0) is 25.5 Å². The van der Waals surface area contributed by atoms with Gasteiger partial charge in [-0.25, -0.2) is 9.18 Å². The van der Waals surface area contributed by atoms with E-state index in [9.17, 15) is 9.18 Å². The van der Waals surface area contributed by atoms with Crippen molar-refractivity contribution in [2.75, 3.05) is 0 Å². The minimum Gasteiger partial charge on any atom is -0.391 e. The van der Waals surface area contributed by atoms with Crippen LogP contribution in [0.4, 0.5) is 10.1 Å². The van der Waals surface area contributed by atoms with Crippen LogP contribution in [0.5, 0.6) is 0 Å². The summed E-state index contributed by atoms with van der Waals surface area (Å²) in [5, 5.41) is 3.79. The molecule has 0 bridgehead atoms. The summed E-state index contributed by atoms with van der Waals surface area (Å²) in [5.74, 6) is -0.481. The van der Waals surface area contributed by atoms with Crippen LogP contribution in [-0.2, 0) is 16.2 Å². The van der Waals surface area contributed by atoms with E-state index in [1.807, 2.05) is 13.8 Å². The molecule has 0 aromatic heterocycles. The molecule has 1 aromatic rings. The molecule has 17 heavy (non-hydrogen) atoms. The normalized spacial score (nSPS) is 10.9. The molecule has 90 valence electrons. The Hall–Kier alpha value is -2.00. The second-order valence-electron chi connectivity index (χ2n) is 3.39. The van der Waals surface area contributed by atoms with Crippen LogP contribution in [0.3, 0.4) is 0 Å². The summed E-state index contributed by atoms with van der Waals surface area (Å²) in [7, 11) is 0. The van der Waals surface area contributed by atoms with Gasteiger partial charge < -0.3 is 4.84 Å². The molecule has 0 aliphatic heterocycles. The first kappa shape index (κ1) is 13.1. The van der Waals surface area contributed by atoms with Crippen molar-refractivity contribution in [3.63, 3.8) is 0 Å². The summed E-state index contributed by atoms with van der Waals surface area (Å²) in [6.07, 6.45) is 2.14. The van der Waals surface area contributed by atoms with Crippen molar-refractivity contribution in [3.05, 3.63) is 29.6 Å². The van der Waals surface area contributed by atoms with Crippen molar-refractivity contribution >= 4 is 17.5 Å². The Morgan fingerprint density at radius 2 is 2.29 bits per heavy atom. The fourth-order valence-electron chi connectivity index (χ4n) is 1.12. The van der Waals surface area contributed by atoms with Crippen LogP contribution < -0.4 is 0 Å². The molecular formula is C12H13FN2O2. The maximum atomic E-state index is 13.5. The molecule has 0 saturated carbocycles. The number of aliphatic imine (C=N–C) groups is 1. The highest BCUT2D eigenvalue weighted by atomic mass is 19.1. The molecule has 0 unspecified atom stereocenters. The molecule has 0 fully saturated rings. The lowest BCUT2D eigenvalue weighted by Crippen LogP contribution is -1.95. The predicted octanol–water partition coefficient (Wildman–Crippen LogP) is 3.10. The number of hydrogen-bond acceptors (Lipinski definition) is 4. The van der Waals surface area contributed by atoms with Crippen LogP contribution in [0.25, 0.3) is 0 Å². The standard InChI is InChI=1S/C12H13FN2O2/c1-3-9(2)15-17-7-10-11(13)5-4-6-12(10)14-8-16/h4-6H,3,7H2,1-2H3. The number of isocyanates is 1. The third kappa shape index (κ3) is 3.81. The summed E-state index contributed by atoms with van der Waals surface area (Å²) in [5.41, 5.74) is 1.22. The Morgan fingerprint density at radius 3 is 2.94 bits per heavy atom. The lowest BCUT2D eigenvalue weighted by molar-refractivity contribution is 0.127. The monoisotopic (exact) mass is 236 g/mol. The fraction of sp³-hybridized carbons (Fsp3) is 0.333. The minimum atomic E-state index is -0.481. The van der Waals surface area contributed by atoms with Crippen molar-refractivity contribution in [2.24, 2.45) is 10.1 Å². The highest BCUT2D eigenvalue weighted by molar-refractivity contribution is 5.80. The van der Waals surface area contributed by atoms with Crippen LogP contribution in [0.1, 0.15) is 25.8 Å². The number of benzene rings is 1. The van der Waals surface area contributed by atoms with Crippen LogP contribution in [0, 0.1) is 5.82 Å². The quantitative estimate of drug-likeness (QED) is 0.448. The number of nitrogens with zero attached hydrogens (tertiary/aromatic N) is 2. The van der Waals surface area contributed by atoms with E-state index in [1.165, 1.54) is 24.3 Å². The Labute approximate surface area is 98.8 Å². The van der Waals surface area contributed by atoms with Gasteiger partial charge in [0.25, 0.3) is 0 Å². The van der Waals surface area contributed by atoms with Gasteiger partial charge in [0.2, 0.25) is 6.08 Å². The van der Waals surface area contributed by atoms with Crippen molar-refractivity contribution in [1.82, 2.24) is 0 Å². The first-order valence-corrected chi connectivity index (χ1v) is 5.19. The molecule has 0 heterocycles. The van der Waals surface area contributed by atoms with E-state index in [0.717, 1.165) is 12.1 Å². The second kappa shape index (κ2) is 6.55. The third-order valence-corrected chi connectivity index (χ3v) is 2.20. The van der Waals surface area contributed by atoms with E-state index in [-0.39, 0.29) is 17.9 Å². The van der Waals surface area contributed by atoms with Gasteiger partial charge in [-0.2, -0.15) is 4.99 Å². The van der Waals surface area contributed by atoms with Gasteiger partial charge in [0.1, 0.15) is 12.4 Å². The van der Waals surface area contributed by atoms with Crippen molar-refractivity contribution in [3.8, 4) is 0 Å². The molecule has 0 N–H and O–H groups in total. The highest BCUT2D eigenvalue weighted by Crippen LogP contribution is 2.22. The Balaban J connectivity index is 2.86. The zero-order chi connectivity index (χ0) is 12.7. The zero-order valence-corrected chi connectivity index (χ0v) is 9.74. The van der Waals surface area contributed by atoms with Crippen molar-refractivity contribution in [1.29, 1.82) is 0 Å². The second-order valence-corrected chi connectivity index (χ2v) is 3.39. The van der Waals surface area contributed by atoms with Gasteiger partial charge in [0.15, 0.2) is 0 Å². The predicted molar refractivity (Wildman–Crippen MR) is 62.4 cm³/mol. The summed E-state index contributed by atoms with van der Waals surface area (Å²) >= 11 is 0. The van der Waals surface area contributed by atoms with E-state index in [4.69, 9.17) is 4.84 Å². The van der Waals surface area contributed by atoms with Gasteiger partial charge in [-0.1, -0.05) is 18.1 Å². The molecule has 0 aliphatic rings. The summed E-state index contributed by atoms with van der Waals surface area (Å²) < 4.78 is 13.5. The SMILES string of the molecule is CCC(C)=NOCc1c(F)cccc1N=C=O. The molecule has 4 nitrogen and oxygen atoms in total. The van der Waals surface area contributed by atoms with Crippen LogP contribution in [0.2, 0.25) is 0 Å². The average molecular weight is 236 g/mol.